The summed E-state index contributed by atoms with van der Waals surface area (Å²) in [6.45, 7) is 14.4. The van der Waals surface area contributed by atoms with Crippen LogP contribution in [0.4, 0.5) is 4.79 Å². The van der Waals surface area contributed by atoms with E-state index in [-0.39, 0.29) is 6.03 Å². The van der Waals surface area contributed by atoms with Crippen molar-refractivity contribution in [3.63, 3.8) is 0 Å². The lowest BCUT2D eigenvalue weighted by Gasteiger charge is -2.19. The monoisotopic (exact) mass is 222 g/mol. The maximum atomic E-state index is 11.7. The van der Waals surface area contributed by atoms with Gasteiger partial charge in [0, 0.05) is 19.3 Å². The van der Waals surface area contributed by atoms with Crippen LogP contribution >= 0.6 is 0 Å². The molecule has 0 heterocycles. The van der Waals surface area contributed by atoms with Gasteiger partial charge in [-0.15, -0.1) is 13.2 Å². The zero-order chi connectivity index (χ0) is 12.6. The summed E-state index contributed by atoms with van der Waals surface area (Å²) < 4.78 is 0. The molecule has 0 aromatic carbocycles. The Morgan fingerprint density at radius 1 is 1.31 bits per heavy atom. The molecule has 1 N–H and O–H groups in total. The minimum Gasteiger partial charge on any atom is -0.317 e. The predicted molar refractivity (Wildman–Crippen MR) is 69.1 cm³/mol. The Kier molecular flexibility index (Phi) is 7.01. The zero-order valence-electron chi connectivity index (χ0n) is 10.5. The topological polar surface area (TPSA) is 32.3 Å². The molecule has 0 aliphatic rings. The third kappa shape index (κ3) is 5.39. The molecular formula is C13H22N2O. The highest BCUT2D eigenvalue weighted by Gasteiger charge is 2.08. The van der Waals surface area contributed by atoms with Gasteiger partial charge in [-0.1, -0.05) is 31.6 Å². The summed E-state index contributed by atoms with van der Waals surface area (Å²) in [4.78, 5) is 13.4. The van der Waals surface area contributed by atoms with Crippen molar-refractivity contribution in [3.05, 3.63) is 37.1 Å². The van der Waals surface area contributed by atoms with E-state index in [4.69, 9.17) is 0 Å². The van der Waals surface area contributed by atoms with Crippen LogP contribution in [0.1, 0.15) is 20.8 Å². The molecule has 0 fully saturated rings. The van der Waals surface area contributed by atoms with E-state index in [1.54, 1.807) is 23.3 Å². The third-order valence-corrected chi connectivity index (χ3v) is 2.32. The highest BCUT2D eigenvalue weighted by molar-refractivity contribution is 5.75. The second-order valence-corrected chi connectivity index (χ2v) is 3.97. The molecule has 3 nitrogen and oxygen atoms in total. The summed E-state index contributed by atoms with van der Waals surface area (Å²) >= 11 is 0. The van der Waals surface area contributed by atoms with Gasteiger partial charge in [-0.05, 0) is 12.8 Å². The minimum atomic E-state index is -0.125. The summed E-state index contributed by atoms with van der Waals surface area (Å²) in [5.41, 5.74) is 1.14. The van der Waals surface area contributed by atoms with Crippen LogP contribution in [0, 0.1) is 5.92 Å². The van der Waals surface area contributed by atoms with Gasteiger partial charge in [0.15, 0.2) is 0 Å². The van der Waals surface area contributed by atoms with E-state index in [1.807, 2.05) is 6.92 Å². The molecule has 0 radical (unpaired) electrons. The molecule has 0 aliphatic carbocycles. The van der Waals surface area contributed by atoms with E-state index in [1.165, 1.54) is 0 Å². The van der Waals surface area contributed by atoms with E-state index in [0.717, 1.165) is 5.57 Å². The lowest BCUT2D eigenvalue weighted by molar-refractivity contribution is 0.212. The second-order valence-electron chi connectivity index (χ2n) is 3.97. The standard InChI is InChI=1S/C13H22N2O/c1-6-8-15(9-7-2)13(16)14-10-12(5)11(3)4/h6-7,10-11H,1-2,8-9H2,3-5H3,(H,14,16)/b12-10+. The fourth-order valence-corrected chi connectivity index (χ4v) is 0.986. The SMILES string of the molecule is C=CCN(CC=C)C(=O)N/C=C(\C)C(C)C. The average Bonchev–Trinajstić information content (AvgIpc) is 2.24. The first-order valence-electron chi connectivity index (χ1n) is 5.46. The number of nitrogens with zero attached hydrogens (tertiary/aromatic N) is 1. The molecule has 90 valence electrons. The number of carbonyl (C=O) groups is 1. The van der Waals surface area contributed by atoms with Crippen LogP contribution in [0.2, 0.25) is 0 Å². The van der Waals surface area contributed by atoms with Crippen molar-refractivity contribution < 1.29 is 4.79 Å². The van der Waals surface area contributed by atoms with Crippen molar-refractivity contribution in [2.24, 2.45) is 5.92 Å². The first-order valence-corrected chi connectivity index (χ1v) is 5.46. The van der Waals surface area contributed by atoms with E-state index in [9.17, 15) is 4.79 Å². The summed E-state index contributed by atoms with van der Waals surface area (Å²) in [7, 11) is 0. The summed E-state index contributed by atoms with van der Waals surface area (Å²) in [5.74, 6) is 0.438. The van der Waals surface area contributed by atoms with Gasteiger partial charge in [0.05, 0.1) is 0 Å². The lowest BCUT2D eigenvalue weighted by atomic mass is 10.1. The summed E-state index contributed by atoms with van der Waals surface area (Å²) in [6.07, 6.45) is 5.15. The molecule has 16 heavy (non-hydrogen) atoms. The Hall–Kier alpha value is -1.51. The smallest absolute Gasteiger partial charge is 0.317 e. The minimum absolute atomic E-state index is 0.125. The van der Waals surface area contributed by atoms with Gasteiger partial charge < -0.3 is 10.2 Å². The number of allylic oxidation sites excluding steroid dienone is 1. The van der Waals surface area contributed by atoms with Gasteiger partial charge in [-0.25, -0.2) is 4.79 Å². The molecule has 0 spiro atoms. The van der Waals surface area contributed by atoms with Crippen LogP contribution in [-0.2, 0) is 0 Å². The number of hydrogen-bond donors (Lipinski definition) is 1. The van der Waals surface area contributed by atoms with Crippen molar-refractivity contribution in [1.82, 2.24) is 10.2 Å². The van der Waals surface area contributed by atoms with Crippen molar-refractivity contribution in [2.45, 2.75) is 20.8 Å². The van der Waals surface area contributed by atoms with Crippen LogP contribution < -0.4 is 5.32 Å². The van der Waals surface area contributed by atoms with Crippen LogP contribution in [0.5, 0.6) is 0 Å². The van der Waals surface area contributed by atoms with Gasteiger partial charge in [0.2, 0.25) is 0 Å². The largest absolute Gasteiger partial charge is 0.321 e. The molecule has 2 amide bonds. The molecule has 0 bridgehead atoms. The molecule has 0 rings (SSSR count). The predicted octanol–water partition coefficient (Wildman–Crippen LogP) is 2.93. The van der Waals surface area contributed by atoms with Crippen molar-refractivity contribution >= 4 is 6.03 Å². The van der Waals surface area contributed by atoms with Crippen molar-refractivity contribution in [1.29, 1.82) is 0 Å². The lowest BCUT2D eigenvalue weighted by Crippen LogP contribution is -2.38. The van der Waals surface area contributed by atoms with Gasteiger partial charge in [-0.2, -0.15) is 0 Å². The number of amides is 2. The molecule has 0 aromatic rings. The Balaban J connectivity index is 4.35. The van der Waals surface area contributed by atoms with Crippen LogP contribution in [0.25, 0.3) is 0 Å². The zero-order valence-corrected chi connectivity index (χ0v) is 10.5. The van der Waals surface area contributed by atoms with Gasteiger partial charge in [0.1, 0.15) is 0 Å². The van der Waals surface area contributed by atoms with Gasteiger partial charge in [-0.3, -0.25) is 0 Å². The Labute approximate surface area is 98.5 Å². The molecular weight excluding hydrogens is 200 g/mol. The van der Waals surface area contributed by atoms with Crippen LogP contribution in [-0.4, -0.2) is 24.0 Å². The highest BCUT2D eigenvalue weighted by atomic mass is 16.2. The number of hydrogen-bond acceptors (Lipinski definition) is 1. The van der Waals surface area contributed by atoms with Crippen LogP contribution in [0.15, 0.2) is 37.1 Å². The van der Waals surface area contributed by atoms with E-state index in [0.29, 0.717) is 19.0 Å². The van der Waals surface area contributed by atoms with Gasteiger partial charge >= 0.3 is 6.03 Å². The fraction of sp³-hybridized carbons (Fsp3) is 0.462. The molecule has 0 atom stereocenters. The molecule has 3 heteroatoms. The number of urea groups is 1. The third-order valence-electron chi connectivity index (χ3n) is 2.32. The number of carbonyl (C=O) groups excluding carboxylic acids is 1. The van der Waals surface area contributed by atoms with Crippen molar-refractivity contribution in [2.75, 3.05) is 13.1 Å². The van der Waals surface area contributed by atoms with Gasteiger partial charge in [0.25, 0.3) is 0 Å². The highest BCUT2D eigenvalue weighted by Crippen LogP contribution is 2.05. The molecule has 0 saturated carbocycles. The molecule has 0 aliphatic heterocycles. The first-order chi connectivity index (χ1) is 7.52. The van der Waals surface area contributed by atoms with E-state index in [2.05, 4.69) is 32.3 Å². The maximum Gasteiger partial charge on any atom is 0.321 e. The number of rotatable bonds is 6. The Bertz CT molecular complexity index is 270. The summed E-state index contributed by atoms with van der Waals surface area (Å²) in [5, 5.41) is 2.76. The Morgan fingerprint density at radius 3 is 2.19 bits per heavy atom. The van der Waals surface area contributed by atoms with E-state index >= 15 is 0 Å². The maximum absolute atomic E-state index is 11.7. The first kappa shape index (κ1) is 14.5. The van der Waals surface area contributed by atoms with E-state index < -0.39 is 0 Å². The average molecular weight is 222 g/mol. The molecule has 0 aromatic heterocycles. The molecule has 0 saturated heterocycles. The molecule has 0 unspecified atom stereocenters. The fourth-order valence-electron chi connectivity index (χ4n) is 0.986. The Morgan fingerprint density at radius 2 is 1.81 bits per heavy atom. The quantitative estimate of drug-likeness (QED) is 0.688. The van der Waals surface area contributed by atoms with Crippen LogP contribution in [0.3, 0.4) is 0 Å². The second kappa shape index (κ2) is 7.74. The normalized spacial score (nSPS) is 11.1. The number of nitrogens with one attached hydrogen (secondary N) is 1. The summed E-state index contributed by atoms with van der Waals surface area (Å²) in [6, 6.07) is -0.125. The van der Waals surface area contributed by atoms with Crippen molar-refractivity contribution in [3.8, 4) is 0 Å².